The number of ether oxygens (including phenoxy) is 1. The van der Waals surface area contributed by atoms with Gasteiger partial charge in [0.2, 0.25) is 0 Å². The normalized spacial score (nSPS) is 10.8. The lowest BCUT2D eigenvalue weighted by Crippen LogP contribution is -2.39. The molecule has 0 unspecified atom stereocenters. The van der Waals surface area contributed by atoms with Crippen LogP contribution in [-0.4, -0.2) is 44.7 Å². The first kappa shape index (κ1) is 21.2. The Morgan fingerprint density at radius 1 is 1.27 bits per heavy atom. The SMILES string of the molecule is CN=C(NCCCSC)NCCOc1ccc(F)cc1F.I. The molecule has 0 heterocycles. The fourth-order valence-corrected chi connectivity index (χ4v) is 2.00. The lowest BCUT2D eigenvalue weighted by molar-refractivity contribution is 0.304. The molecule has 0 bridgehead atoms. The van der Waals surface area contributed by atoms with Crippen LogP contribution in [0.4, 0.5) is 8.78 Å². The van der Waals surface area contributed by atoms with Crippen LogP contribution in [0.5, 0.6) is 5.75 Å². The third-order valence-corrected chi connectivity index (χ3v) is 3.28. The Morgan fingerprint density at radius 3 is 2.64 bits per heavy atom. The van der Waals surface area contributed by atoms with E-state index in [9.17, 15) is 8.78 Å². The lowest BCUT2D eigenvalue weighted by Gasteiger charge is -2.12. The van der Waals surface area contributed by atoms with Gasteiger partial charge in [0.1, 0.15) is 12.4 Å². The summed E-state index contributed by atoms with van der Waals surface area (Å²) in [5, 5.41) is 6.23. The van der Waals surface area contributed by atoms with Crippen molar-refractivity contribution in [2.75, 3.05) is 38.8 Å². The molecule has 0 saturated heterocycles. The number of hydrogen-bond acceptors (Lipinski definition) is 3. The highest BCUT2D eigenvalue weighted by atomic mass is 127. The quantitative estimate of drug-likeness (QED) is 0.280. The largest absolute Gasteiger partial charge is 0.489 e. The predicted molar refractivity (Wildman–Crippen MR) is 99.6 cm³/mol. The Bertz CT molecular complexity index is 464. The zero-order valence-corrected chi connectivity index (χ0v) is 15.8. The van der Waals surface area contributed by atoms with Crippen LogP contribution in [0, 0.1) is 11.6 Å². The minimum atomic E-state index is -0.699. The highest BCUT2D eigenvalue weighted by molar-refractivity contribution is 14.0. The van der Waals surface area contributed by atoms with Crippen LogP contribution in [-0.2, 0) is 0 Å². The predicted octanol–water partition coefficient (Wildman–Crippen LogP) is 2.88. The van der Waals surface area contributed by atoms with Gasteiger partial charge in [-0.05, 0) is 30.6 Å². The van der Waals surface area contributed by atoms with Crippen LogP contribution in [0.1, 0.15) is 6.42 Å². The van der Waals surface area contributed by atoms with E-state index in [0.717, 1.165) is 30.9 Å². The third-order valence-electron chi connectivity index (χ3n) is 2.59. The second-order valence-electron chi connectivity index (χ2n) is 4.20. The van der Waals surface area contributed by atoms with Gasteiger partial charge in [0.05, 0.1) is 6.54 Å². The highest BCUT2D eigenvalue weighted by Crippen LogP contribution is 2.17. The monoisotopic (exact) mass is 445 g/mol. The third kappa shape index (κ3) is 8.62. The fourth-order valence-electron chi connectivity index (χ4n) is 1.57. The summed E-state index contributed by atoms with van der Waals surface area (Å²) >= 11 is 1.80. The number of benzene rings is 1. The molecule has 4 nitrogen and oxygen atoms in total. The standard InChI is InChI=1S/C14H21F2N3OS.HI/c1-17-14(18-6-3-9-21-2)19-7-8-20-13-5-4-11(15)10-12(13)16;/h4-5,10H,3,6-9H2,1-2H3,(H2,17,18,19);1H. The molecule has 1 aromatic rings. The molecular weight excluding hydrogens is 423 g/mol. The average molecular weight is 445 g/mol. The second-order valence-corrected chi connectivity index (χ2v) is 5.18. The molecule has 0 radical (unpaired) electrons. The number of thioether (sulfide) groups is 1. The van der Waals surface area contributed by atoms with Gasteiger partial charge in [-0.2, -0.15) is 11.8 Å². The van der Waals surface area contributed by atoms with E-state index in [2.05, 4.69) is 21.9 Å². The Balaban J connectivity index is 0.00000441. The average Bonchev–Trinajstić information content (AvgIpc) is 2.47. The molecule has 0 fully saturated rings. The van der Waals surface area contributed by atoms with Crippen molar-refractivity contribution < 1.29 is 13.5 Å². The van der Waals surface area contributed by atoms with Crippen molar-refractivity contribution in [3.8, 4) is 5.75 Å². The number of hydrogen-bond donors (Lipinski definition) is 2. The molecule has 1 aromatic carbocycles. The van der Waals surface area contributed by atoms with Gasteiger partial charge in [0.15, 0.2) is 17.5 Å². The number of nitrogens with one attached hydrogen (secondary N) is 2. The van der Waals surface area contributed by atoms with Gasteiger partial charge in [-0.25, -0.2) is 8.78 Å². The van der Waals surface area contributed by atoms with Crippen molar-refractivity contribution >= 4 is 41.7 Å². The number of guanidine groups is 1. The molecule has 0 aliphatic rings. The van der Waals surface area contributed by atoms with E-state index in [0.29, 0.717) is 12.5 Å². The number of aliphatic imine (C=N–C) groups is 1. The number of rotatable bonds is 8. The summed E-state index contributed by atoms with van der Waals surface area (Å²) in [4.78, 5) is 4.07. The topological polar surface area (TPSA) is 45.7 Å². The summed E-state index contributed by atoms with van der Waals surface area (Å²) in [6.45, 7) is 1.57. The van der Waals surface area contributed by atoms with Crippen LogP contribution < -0.4 is 15.4 Å². The van der Waals surface area contributed by atoms with E-state index in [1.165, 1.54) is 6.07 Å². The molecule has 0 spiro atoms. The maximum atomic E-state index is 13.3. The molecule has 0 saturated carbocycles. The van der Waals surface area contributed by atoms with Crippen LogP contribution in [0.15, 0.2) is 23.2 Å². The van der Waals surface area contributed by atoms with Crippen molar-refractivity contribution in [3.63, 3.8) is 0 Å². The molecule has 0 atom stereocenters. The van der Waals surface area contributed by atoms with Crippen LogP contribution in [0.25, 0.3) is 0 Å². The first-order chi connectivity index (χ1) is 10.2. The minimum Gasteiger partial charge on any atom is -0.489 e. The molecular formula is C14H22F2IN3OS. The van der Waals surface area contributed by atoms with Gasteiger partial charge in [-0.3, -0.25) is 4.99 Å². The Hall–Kier alpha value is -0.770. The Labute approximate surface area is 151 Å². The first-order valence-electron chi connectivity index (χ1n) is 6.68. The van der Waals surface area contributed by atoms with E-state index >= 15 is 0 Å². The maximum absolute atomic E-state index is 13.3. The second kappa shape index (κ2) is 12.7. The number of halogens is 3. The van der Waals surface area contributed by atoms with E-state index in [1.807, 2.05) is 0 Å². The minimum absolute atomic E-state index is 0. The van der Waals surface area contributed by atoms with Crippen molar-refractivity contribution in [2.24, 2.45) is 4.99 Å². The lowest BCUT2D eigenvalue weighted by atomic mass is 10.3. The van der Waals surface area contributed by atoms with Crippen molar-refractivity contribution in [1.29, 1.82) is 0 Å². The van der Waals surface area contributed by atoms with Crippen LogP contribution in [0.3, 0.4) is 0 Å². The summed E-state index contributed by atoms with van der Waals surface area (Å²) in [5.41, 5.74) is 0. The molecule has 2 N–H and O–H groups in total. The summed E-state index contributed by atoms with van der Waals surface area (Å²) in [6, 6.07) is 3.24. The molecule has 1 rings (SSSR count). The van der Waals surface area contributed by atoms with Gasteiger partial charge in [-0.1, -0.05) is 0 Å². The van der Waals surface area contributed by atoms with E-state index in [1.54, 1.807) is 18.8 Å². The van der Waals surface area contributed by atoms with Crippen molar-refractivity contribution in [2.45, 2.75) is 6.42 Å². The van der Waals surface area contributed by atoms with Crippen LogP contribution in [0.2, 0.25) is 0 Å². The van der Waals surface area contributed by atoms with E-state index < -0.39 is 11.6 Å². The smallest absolute Gasteiger partial charge is 0.191 e. The zero-order valence-electron chi connectivity index (χ0n) is 12.7. The Morgan fingerprint density at radius 2 is 2.00 bits per heavy atom. The van der Waals surface area contributed by atoms with Gasteiger partial charge in [0, 0.05) is 19.7 Å². The summed E-state index contributed by atoms with van der Waals surface area (Å²) in [7, 11) is 1.68. The van der Waals surface area contributed by atoms with Gasteiger partial charge >= 0.3 is 0 Å². The van der Waals surface area contributed by atoms with Crippen molar-refractivity contribution in [1.82, 2.24) is 10.6 Å². The molecule has 0 aliphatic carbocycles. The fraction of sp³-hybridized carbons (Fsp3) is 0.500. The zero-order chi connectivity index (χ0) is 15.5. The van der Waals surface area contributed by atoms with E-state index in [-0.39, 0.29) is 36.3 Å². The summed E-state index contributed by atoms with van der Waals surface area (Å²) < 4.78 is 31.3. The summed E-state index contributed by atoms with van der Waals surface area (Å²) in [6.07, 6.45) is 3.12. The molecule has 0 amide bonds. The van der Waals surface area contributed by atoms with Gasteiger partial charge in [-0.15, -0.1) is 24.0 Å². The Kier molecular flexibility index (Phi) is 12.3. The molecule has 22 heavy (non-hydrogen) atoms. The molecule has 0 aliphatic heterocycles. The molecule has 126 valence electrons. The van der Waals surface area contributed by atoms with E-state index in [4.69, 9.17) is 4.74 Å². The first-order valence-corrected chi connectivity index (χ1v) is 8.08. The summed E-state index contributed by atoms with van der Waals surface area (Å²) in [5.74, 6) is 0.500. The molecule has 0 aromatic heterocycles. The number of nitrogens with zero attached hydrogens (tertiary/aromatic N) is 1. The highest BCUT2D eigenvalue weighted by Gasteiger charge is 2.04. The van der Waals surface area contributed by atoms with Gasteiger partial charge in [0.25, 0.3) is 0 Å². The van der Waals surface area contributed by atoms with Crippen LogP contribution >= 0.6 is 35.7 Å². The van der Waals surface area contributed by atoms with Gasteiger partial charge < -0.3 is 15.4 Å². The van der Waals surface area contributed by atoms with Crippen molar-refractivity contribution in [3.05, 3.63) is 29.8 Å². The maximum Gasteiger partial charge on any atom is 0.191 e. The molecule has 8 heteroatoms.